The summed E-state index contributed by atoms with van der Waals surface area (Å²) in [5.41, 5.74) is 2.02. The first-order valence-electron chi connectivity index (χ1n) is 15.6. The molecule has 3 aliphatic heterocycles. The number of benzene rings is 1. The summed E-state index contributed by atoms with van der Waals surface area (Å²) in [6, 6.07) is 6.34. The van der Waals surface area contributed by atoms with Crippen LogP contribution in [-0.2, 0) is 14.2 Å². The van der Waals surface area contributed by atoms with E-state index in [2.05, 4.69) is 10.3 Å². The molecule has 6 atom stereocenters. The first-order chi connectivity index (χ1) is 21.9. The quantitative estimate of drug-likeness (QED) is 0.320. The van der Waals surface area contributed by atoms with Gasteiger partial charge in [0.2, 0.25) is 17.7 Å². The lowest BCUT2D eigenvalue weighted by atomic mass is 9.90. The number of hydrogen-bond acceptors (Lipinski definition) is 7. The number of carbonyl (C=O) groups is 3. The number of amides is 3. The van der Waals surface area contributed by atoms with E-state index >= 15 is 0 Å². The highest BCUT2D eigenvalue weighted by atomic mass is 32.1. The molecule has 4 fully saturated rings. The van der Waals surface area contributed by atoms with Crippen LogP contribution in [0.5, 0.6) is 0 Å². The van der Waals surface area contributed by atoms with Crippen LogP contribution in [0, 0.1) is 11.8 Å². The SMILES string of the molecule is CN(C)c1ccncc1C1CN(C(=O)[C@@H]2CC[C@@H]3C[C@H]4C[C@H]4C[C@H](NC(=O)c4cc5cc([C@H](F)P(=O)(O)O)ccc5s4)C(=O)N32)C1. The zero-order valence-electron chi connectivity index (χ0n) is 25.6. The van der Waals surface area contributed by atoms with Crippen molar-refractivity contribution in [2.75, 3.05) is 32.1 Å². The lowest BCUT2D eigenvalue weighted by Crippen LogP contribution is -2.59. The topological polar surface area (TPSA) is 143 Å². The van der Waals surface area contributed by atoms with Crippen molar-refractivity contribution in [2.24, 2.45) is 11.8 Å². The first-order valence-corrected chi connectivity index (χ1v) is 18.1. The van der Waals surface area contributed by atoms with E-state index in [1.807, 2.05) is 36.2 Å². The second kappa shape index (κ2) is 11.7. The molecule has 5 heterocycles. The fourth-order valence-corrected chi connectivity index (χ4v) is 9.06. The fourth-order valence-electron chi connectivity index (χ4n) is 7.56. The third-order valence-electron chi connectivity index (χ3n) is 10.1. The van der Waals surface area contributed by atoms with Gasteiger partial charge in [0.15, 0.2) is 0 Å². The van der Waals surface area contributed by atoms with Crippen molar-refractivity contribution in [2.45, 2.75) is 62.1 Å². The molecule has 11 nitrogen and oxygen atoms in total. The zero-order chi connectivity index (χ0) is 32.5. The molecule has 46 heavy (non-hydrogen) atoms. The summed E-state index contributed by atoms with van der Waals surface area (Å²) in [5, 5.41) is 3.44. The van der Waals surface area contributed by atoms with Gasteiger partial charge >= 0.3 is 7.60 Å². The maximum Gasteiger partial charge on any atom is 0.363 e. The molecule has 0 spiro atoms. The number of nitrogens with one attached hydrogen (secondary N) is 1. The van der Waals surface area contributed by atoms with Crippen LogP contribution in [-0.4, -0.2) is 87.6 Å². The van der Waals surface area contributed by atoms with Gasteiger partial charge < -0.3 is 29.8 Å². The summed E-state index contributed by atoms with van der Waals surface area (Å²) >= 11 is 1.16. The molecule has 0 unspecified atom stereocenters. The number of anilines is 1. The lowest BCUT2D eigenvalue weighted by Gasteiger charge is -2.44. The summed E-state index contributed by atoms with van der Waals surface area (Å²) in [4.78, 5) is 70.2. The summed E-state index contributed by atoms with van der Waals surface area (Å²) in [6.45, 7) is 1.15. The molecule has 7 rings (SSSR count). The minimum Gasteiger partial charge on any atom is -0.377 e. The van der Waals surface area contributed by atoms with Crippen LogP contribution in [0.4, 0.5) is 10.1 Å². The number of nitrogens with zero attached hydrogens (tertiary/aromatic N) is 4. The van der Waals surface area contributed by atoms with Crippen LogP contribution in [0.1, 0.15) is 64.7 Å². The maximum absolute atomic E-state index is 14.3. The van der Waals surface area contributed by atoms with E-state index in [-0.39, 0.29) is 29.3 Å². The lowest BCUT2D eigenvalue weighted by molar-refractivity contribution is -0.149. The van der Waals surface area contributed by atoms with Crippen LogP contribution >= 0.6 is 18.9 Å². The van der Waals surface area contributed by atoms with E-state index in [9.17, 15) is 33.1 Å². The van der Waals surface area contributed by atoms with Gasteiger partial charge in [0.25, 0.3) is 5.91 Å². The third kappa shape index (κ3) is 5.72. The Morgan fingerprint density at radius 1 is 1.11 bits per heavy atom. The predicted molar refractivity (Wildman–Crippen MR) is 171 cm³/mol. The van der Waals surface area contributed by atoms with Crippen LogP contribution in [0.2, 0.25) is 0 Å². The van der Waals surface area contributed by atoms with Crippen LogP contribution in [0.25, 0.3) is 10.1 Å². The van der Waals surface area contributed by atoms with E-state index in [1.165, 1.54) is 18.2 Å². The average Bonchev–Trinajstić information content (AvgIpc) is 3.35. The molecule has 1 aromatic carbocycles. The van der Waals surface area contributed by atoms with E-state index in [1.54, 1.807) is 17.2 Å². The molecular formula is C32H37FN5O6PS. The number of likely N-dealkylation sites (tertiary alicyclic amines) is 1. The first kappa shape index (κ1) is 31.2. The number of pyridine rings is 1. The van der Waals surface area contributed by atoms with E-state index < -0.39 is 31.5 Å². The summed E-state index contributed by atoms with van der Waals surface area (Å²) < 4.78 is 26.4. The molecular weight excluding hydrogens is 632 g/mol. The van der Waals surface area contributed by atoms with Crippen molar-refractivity contribution >= 4 is 52.4 Å². The molecule has 244 valence electrons. The summed E-state index contributed by atoms with van der Waals surface area (Å²) in [6.07, 6.45) is 7.40. The minimum atomic E-state index is -4.97. The van der Waals surface area contributed by atoms with Gasteiger partial charge in [-0.2, -0.15) is 0 Å². The van der Waals surface area contributed by atoms with Crippen LogP contribution in [0.15, 0.2) is 42.7 Å². The Bertz CT molecular complexity index is 1760. The fraction of sp³-hybridized carbons (Fsp3) is 0.500. The van der Waals surface area contributed by atoms with Gasteiger partial charge in [-0.15, -0.1) is 11.3 Å². The Hall–Kier alpha value is -3.38. The number of halogens is 1. The molecule has 3 amide bonds. The molecule has 4 aliphatic rings. The van der Waals surface area contributed by atoms with Gasteiger partial charge in [-0.3, -0.25) is 23.9 Å². The molecule has 1 saturated carbocycles. The van der Waals surface area contributed by atoms with Crippen molar-refractivity contribution in [1.82, 2.24) is 20.1 Å². The van der Waals surface area contributed by atoms with Crippen LogP contribution in [0.3, 0.4) is 0 Å². The van der Waals surface area contributed by atoms with Gasteiger partial charge in [-0.1, -0.05) is 6.07 Å². The van der Waals surface area contributed by atoms with E-state index in [4.69, 9.17) is 0 Å². The summed E-state index contributed by atoms with van der Waals surface area (Å²) in [5.74, 6) is -2.14. The molecule has 1 aliphatic carbocycles. The number of thiophene rings is 1. The Labute approximate surface area is 269 Å². The highest BCUT2D eigenvalue weighted by molar-refractivity contribution is 7.51. The highest BCUT2D eigenvalue weighted by Gasteiger charge is 2.52. The highest BCUT2D eigenvalue weighted by Crippen LogP contribution is 2.53. The Balaban J connectivity index is 1.06. The number of aromatic nitrogens is 1. The number of hydrogen-bond donors (Lipinski definition) is 3. The molecule has 0 bridgehead atoms. The largest absolute Gasteiger partial charge is 0.377 e. The maximum atomic E-state index is 14.3. The molecule has 0 radical (unpaired) electrons. The Morgan fingerprint density at radius 3 is 2.61 bits per heavy atom. The van der Waals surface area contributed by atoms with E-state index in [0.717, 1.165) is 41.9 Å². The van der Waals surface area contributed by atoms with Gasteiger partial charge in [0, 0.05) is 67.5 Å². The summed E-state index contributed by atoms with van der Waals surface area (Å²) in [7, 11) is -1.00. The molecule has 14 heteroatoms. The Kier molecular flexibility index (Phi) is 7.94. The number of rotatable bonds is 7. The standard InChI is InChI=1S/C32H37FN5O6PS/c1-36(2)25-7-8-34-14-23(25)21-15-37(16-21)32(41)26-5-4-22-11-18-10-19(18)12-24(31(40)38(22)26)35-30(39)28-13-20-9-17(3-6-27(20)46-28)29(33)45(42,43)44/h3,6-9,13-14,18-19,21-22,24,26,29H,4-5,10-12,15-16H2,1-2H3,(H,35,39)(H2,42,43,44)/t18-,19+,22-,24+,26+,29-/m1/s1. The van der Waals surface area contributed by atoms with Crippen molar-refractivity contribution in [3.05, 3.63) is 58.7 Å². The number of alkyl halides is 1. The van der Waals surface area contributed by atoms with Crippen molar-refractivity contribution in [3.63, 3.8) is 0 Å². The third-order valence-corrected chi connectivity index (χ3v) is 12.1. The molecule has 3 aromatic rings. The van der Waals surface area contributed by atoms with Gasteiger partial charge in [-0.25, -0.2) is 4.39 Å². The molecule has 3 saturated heterocycles. The normalized spacial score (nSPS) is 26.9. The number of fused-ring (bicyclic) bond motifs is 3. The monoisotopic (exact) mass is 669 g/mol. The van der Waals surface area contributed by atoms with Crippen molar-refractivity contribution in [1.29, 1.82) is 0 Å². The van der Waals surface area contributed by atoms with Gasteiger partial charge in [-0.05, 0) is 79.2 Å². The molecule has 3 N–H and O–H groups in total. The van der Waals surface area contributed by atoms with Crippen LogP contribution < -0.4 is 10.2 Å². The second-order valence-electron chi connectivity index (χ2n) is 13.3. The smallest absolute Gasteiger partial charge is 0.363 e. The molecule has 2 aromatic heterocycles. The van der Waals surface area contributed by atoms with Crippen molar-refractivity contribution in [3.8, 4) is 0 Å². The van der Waals surface area contributed by atoms with Gasteiger partial charge in [0.05, 0.1) is 4.88 Å². The zero-order valence-corrected chi connectivity index (χ0v) is 27.3. The minimum absolute atomic E-state index is 0.0303. The predicted octanol–water partition coefficient (Wildman–Crippen LogP) is 4.02. The Morgan fingerprint density at radius 2 is 1.87 bits per heavy atom. The van der Waals surface area contributed by atoms with Crippen molar-refractivity contribution < 1.29 is 33.1 Å². The van der Waals surface area contributed by atoms with E-state index in [0.29, 0.717) is 52.7 Å². The number of carbonyl (C=O) groups excluding carboxylic acids is 3. The van der Waals surface area contributed by atoms with Gasteiger partial charge in [0.1, 0.15) is 12.1 Å². The second-order valence-corrected chi connectivity index (χ2v) is 16.1. The average molecular weight is 670 g/mol.